The first-order valence-corrected chi connectivity index (χ1v) is 8.12. The van der Waals surface area contributed by atoms with Crippen molar-refractivity contribution in [2.75, 3.05) is 16.8 Å². The van der Waals surface area contributed by atoms with Crippen molar-refractivity contribution in [3.05, 3.63) is 58.1 Å². The molecule has 130 valence electrons. The largest absolute Gasteiger partial charge is 0.326 e. The van der Waals surface area contributed by atoms with E-state index in [4.69, 9.17) is 23.2 Å². The summed E-state index contributed by atoms with van der Waals surface area (Å²) in [6, 6.07) is 7.90. The maximum Gasteiger partial charge on any atom is 0.229 e. The number of hydrogen-bond donors (Lipinski definition) is 1. The summed E-state index contributed by atoms with van der Waals surface area (Å²) in [5.74, 6) is -3.49. The summed E-state index contributed by atoms with van der Waals surface area (Å²) >= 11 is 12.2. The van der Waals surface area contributed by atoms with Crippen molar-refractivity contribution >= 4 is 46.4 Å². The van der Waals surface area contributed by atoms with Gasteiger partial charge in [-0.3, -0.25) is 9.59 Å². The molecule has 1 N–H and O–H groups in total. The molecule has 1 fully saturated rings. The molecule has 1 aliphatic rings. The number of anilines is 2. The third-order valence-electron chi connectivity index (χ3n) is 3.89. The van der Waals surface area contributed by atoms with Crippen LogP contribution in [0.15, 0.2) is 36.4 Å². The molecule has 0 aromatic heterocycles. The van der Waals surface area contributed by atoms with Crippen LogP contribution in [0.5, 0.6) is 0 Å². The molecule has 4 nitrogen and oxygen atoms in total. The summed E-state index contributed by atoms with van der Waals surface area (Å²) in [6.45, 7) is 0.0950. The van der Waals surface area contributed by atoms with Crippen molar-refractivity contribution in [1.82, 2.24) is 0 Å². The first-order valence-electron chi connectivity index (χ1n) is 7.37. The molecule has 1 aliphatic heterocycles. The topological polar surface area (TPSA) is 49.4 Å². The van der Waals surface area contributed by atoms with E-state index in [0.717, 1.165) is 12.1 Å². The van der Waals surface area contributed by atoms with Gasteiger partial charge in [-0.05, 0) is 24.3 Å². The number of para-hydroxylation sites is 1. The molecule has 0 bridgehead atoms. The minimum atomic E-state index is -1.07. The molecular formula is C17H12Cl2F2N2O2. The Morgan fingerprint density at radius 1 is 1.12 bits per heavy atom. The van der Waals surface area contributed by atoms with Crippen LogP contribution in [0.3, 0.4) is 0 Å². The molecule has 1 unspecified atom stereocenters. The highest BCUT2D eigenvalue weighted by atomic mass is 35.5. The number of benzene rings is 2. The van der Waals surface area contributed by atoms with Gasteiger partial charge in [0.1, 0.15) is 0 Å². The molecule has 1 atom stereocenters. The van der Waals surface area contributed by atoms with Crippen molar-refractivity contribution in [2.24, 2.45) is 5.92 Å². The van der Waals surface area contributed by atoms with Crippen molar-refractivity contribution in [3.63, 3.8) is 0 Å². The van der Waals surface area contributed by atoms with Crippen molar-refractivity contribution in [2.45, 2.75) is 6.42 Å². The van der Waals surface area contributed by atoms with Gasteiger partial charge >= 0.3 is 0 Å². The quantitative estimate of drug-likeness (QED) is 0.858. The Hall–Kier alpha value is -2.18. The number of halogens is 4. The molecule has 1 saturated heterocycles. The first kappa shape index (κ1) is 17.6. The minimum Gasteiger partial charge on any atom is -0.326 e. The van der Waals surface area contributed by atoms with Crippen LogP contribution in [0.4, 0.5) is 20.2 Å². The fourth-order valence-electron chi connectivity index (χ4n) is 2.66. The van der Waals surface area contributed by atoms with Gasteiger partial charge in [-0.2, -0.15) is 0 Å². The second-order valence-electron chi connectivity index (χ2n) is 5.59. The summed E-state index contributed by atoms with van der Waals surface area (Å²) in [5.41, 5.74) is 0.476. The Morgan fingerprint density at radius 2 is 1.80 bits per heavy atom. The lowest BCUT2D eigenvalue weighted by atomic mass is 10.1. The van der Waals surface area contributed by atoms with Gasteiger partial charge in [-0.1, -0.05) is 29.3 Å². The highest BCUT2D eigenvalue weighted by molar-refractivity contribution is 6.40. The van der Waals surface area contributed by atoms with E-state index < -0.39 is 23.5 Å². The molecule has 2 aromatic rings. The zero-order valence-corrected chi connectivity index (χ0v) is 14.2. The Labute approximate surface area is 152 Å². The van der Waals surface area contributed by atoms with Crippen LogP contribution in [0.2, 0.25) is 10.0 Å². The van der Waals surface area contributed by atoms with E-state index in [1.54, 1.807) is 18.2 Å². The second-order valence-corrected chi connectivity index (χ2v) is 6.41. The van der Waals surface area contributed by atoms with Crippen LogP contribution in [0.25, 0.3) is 0 Å². The van der Waals surface area contributed by atoms with Gasteiger partial charge < -0.3 is 10.2 Å². The molecule has 8 heteroatoms. The predicted molar refractivity (Wildman–Crippen MR) is 91.9 cm³/mol. The van der Waals surface area contributed by atoms with Crippen LogP contribution in [-0.4, -0.2) is 18.4 Å². The lowest BCUT2D eigenvalue weighted by molar-refractivity contribution is -0.122. The summed E-state index contributed by atoms with van der Waals surface area (Å²) in [7, 11) is 0. The van der Waals surface area contributed by atoms with Gasteiger partial charge in [-0.15, -0.1) is 0 Å². The number of nitrogens with zero attached hydrogens (tertiary/aromatic N) is 1. The number of rotatable bonds is 3. The molecule has 3 rings (SSSR count). The summed E-state index contributed by atoms with van der Waals surface area (Å²) < 4.78 is 26.2. The van der Waals surface area contributed by atoms with Crippen LogP contribution in [0, 0.1) is 17.6 Å². The predicted octanol–water partition coefficient (Wildman–Crippen LogP) is 4.26. The summed E-state index contributed by atoms with van der Waals surface area (Å²) in [5, 5.41) is 3.10. The molecular weight excluding hydrogens is 373 g/mol. The highest BCUT2D eigenvalue weighted by Gasteiger charge is 2.36. The van der Waals surface area contributed by atoms with Gasteiger partial charge in [0.2, 0.25) is 11.8 Å². The molecule has 2 aromatic carbocycles. The van der Waals surface area contributed by atoms with Crippen LogP contribution < -0.4 is 10.2 Å². The number of amides is 2. The van der Waals surface area contributed by atoms with E-state index in [1.165, 1.54) is 11.0 Å². The van der Waals surface area contributed by atoms with Crippen LogP contribution in [-0.2, 0) is 9.59 Å². The minimum absolute atomic E-state index is 0.0307. The Morgan fingerprint density at radius 3 is 2.44 bits per heavy atom. The van der Waals surface area contributed by atoms with E-state index in [1.807, 2.05) is 0 Å². The maximum absolute atomic E-state index is 13.2. The molecule has 2 amide bonds. The molecule has 0 aliphatic carbocycles. The zero-order valence-electron chi connectivity index (χ0n) is 12.7. The normalized spacial score (nSPS) is 17.0. The number of carbonyl (C=O) groups is 2. The van der Waals surface area contributed by atoms with Crippen LogP contribution >= 0.6 is 23.2 Å². The van der Waals surface area contributed by atoms with Gasteiger partial charge in [0, 0.05) is 24.7 Å². The van der Waals surface area contributed by atoms with Crippen molar-refractivity contribution < 1.29 is 18.4 Å². The highest BCUT2D eigenvalue weighted by Crippen LogP contribution is 2.37. The lowest BCUT2D eigenvalue weighted by Gasteiger charge is -2.19. The van der Waals surface area contributed by atoms with E-state index in [0.29, 0.717) is 15.7 Å². The Balaban J connectivity index is 1.75. The standard InChI is InChI=1S/C17H12Cl2F2N2O2/c18-11-2-1-3-12(19)16(11)23-8-9(6-15(23)24)17(25)22-10-4-5-13(20)14(21)7-10/h1-5,7,9H,6,8H2,(H,22,25). The molecule has 25 heavy (non-hydrogen) atoms. The Kier molecular flexibility index (Phi) is 4.92. The monoisotopic (exact) mass is 384 g/mol. The fraction of sp³-hybridized carbons (Fsp3) is 0.176. The average molecular weight is 385 g/mol. The van der Waals surface area contributed by atoms with Crippen molar-refractivity contribution in [1.29, 1.82) is 0 Å². The molecule has 0 spiro atoms. The smallest absolute Gasteiger partial charge is 0.229 e. The van der Waals surface area contributed by atoms with Crippen LogP contribution in [0.1, 0.15) is 6.42 Å². The van der Waals surface area contributed by atoms with Gasteiger partial charge in [-0.25, -0.2) is 8.78 Å². The number of carbonyl (C=O) groups excluding carboxylic acids is 2. The van der Waals surface area contributed by atoms with E-state index in [2.05, 4.69) is 5.32 Å². The van der Waals surface area contributed by atoms with E-state index in [9.17, 15) is 18.4 Å². The summed E-state index contributed by atoms with van der Waals surface area (Å²) in [6.07, 6.45) is -0.0307. The second kappa shape index (κ2) is 6.98. The van der Waals surface area contributed by atoms with Gasteiger partial charge in [0.25, 0.3) is 0 Å². The molecule has 0 saturated carbocycles. The SMILES string of the molecule is O=C(Nc1ccc(F)c(F)c1)C1CC(=O)N(c2c(Cl)cccc2Cl)C1. The van der Waals surface area contributed by atoms with E-state index >= 15 is 0 Å². The van der Waals surface area contributed by atoms with Gasteiger partial charge in [0.05, 0.1) is 21.7 Å². The maximum atomic E-state index is 13.2. The van der Waals surface area contributed by atoms with Crippen molar-refractivity contribution in [3.8, 4) is 0 Å². The number of hydrogen-bond acceptors (Lipinski definition) is 2. The first-order chi connectivity index (χ1) is 11.9. The lowest BCUT2D eigenvalue weighted by Crippen LogP contribution is -2.28. The Bertz CT molecular complexity index is 840. The third kappa shape index (κ3) is 3.60. The average Bonchev–Trinajstić information content (AvgIpc) is 2.93. The number of nitrogens with one attached hydrogen (secondary N) is 1. The molecule has 0 radical (unpaired) electrons. The van der Waals surface area contributed by atoms with Gasteiger partial charge in [0.15, 0.2) is 11.6 Å². The molecule has 1 heterocycles. The zero-order chi connectivity index (χ0) is 18.1. The fourth-order valence-corrected chi connectivity index (χ4v) is 3.27. The third-order valence-corrected chi connectivity index (χ3v) is 4.50. The van der Waals surface area contributed by atoms with E-state index in [-0.39, 0.29) is 24.6 Å². The summed E-state index contributed by atoms with van der Waals surface area (Å²) in [4.78, 5) is 26.0.